The summed E-state index contributed by atoms with van der Waals surface area (Å²) in [6.07, 6.45) is 4.59. The largest absolute Gasteiger partial charge is 0.396 e. The number of amides is 1. The van der Waals surface area contributed by atoms with Crippen LogP contribution in [0.25, 0.3) is 10.8 Å². The van der Waals surface area contributed by atoms with Gasteiger partial charge in [0.25, 0.3) is 11.5 Å². The Morgan fingerprint density at radius 3 is 2.56 bits per heavy atom. The second kappa shape index (κ2) is 11.0. The minimum Gasteiger partial charge on any atom is -0.396 e. The maximum absolute atomic E-state index is 14.0. The zero-order valence-electron chi connectivity index (χ0n) is 24.8. The van der Waals surface area contributed by atoms with Crippen molar-refractivity contribution in [3.63, 3.8) is 0 Å². The van der Waals surface area contributed by atoms with Gasteiger partial charge in [-0.2, -0.15) is 0 Å². The van der Waals surface area contributed by atoms with Crippen LogP contribution in [0.1, 0.15) is 86.0 Å². The third-order valence-electron chi connectivity index (χ3n) is 9.07. The van der Waals surface area contributed by atoms with E-state index in [4.69, 9.17) is 5.73 Å². The van der Waals surface area contributed by atoms with Crippen LogP contribution in [0.3, 0.4) is 0 Å². The van der Waals surface area contributed by atoms with Gasteiger partial charge in [-0.1, -0.05) is 32.0 Å². The van der Waals surface area contributed by atoms with Crippen molar-refractivity contribution in [2.75, 3.05) is 19.7 Å². The van der Waals surface area contributed by atoms with Gasteiger partial charge in [0.2, 0.25) is 0 Å². The Kier molecular flexibility index (Phi) is 7.87. The number of likely N-dealkylation sites (tertiary alicyclic amines) is 1. The highest BCUT2D eigenvalue weighted by molar-refractivity contribution is 5.95. The van der Waals surface area contributed by atoms with Gasteiger partial charge in [0.1, 0.15) is 5.82 Å². The van der Waals surface area contributed by atoms with Gasteiger partial charge in [0.05, 0.1) is 0 Å². The minimum absolute atomic E-state index is 0.0213. The lowest BCUT2D eigenvalue weighted by Crippen LogP contribution is -2.48. The number of rotatable bonds is 8. The standard InChI is InChI=1S/C33H43FN4O3/c1-20-6-7-23(15-28(20)34)30(40)36-29-16-25(29)22-8-9-24-26(14-22)27(17-38(31(24)41)18-32(3,4)19-39)21(2)37-12-10-33(5,35)11-13-37/h6-9,14-15,17,21,25,29,39H,10-13,16,18-19,35H2,1-5H3,(H,36,40). The van der Waals surface area contributed by atoms with Gasteiger partial charge in [0, 0.05) is 72.3 Å². The summed E-state index contributed by atoms with van der Waals surface area (Å²) in [5.41, 5.74) is 8.71. The van der Waals surface area contributed by atoms with E-state index in [1.54, 1.807) is 23.6 Å². The van der Waals surface area contributed by atoms with E-state index in [9.17, 15) is 19.1 Å². The number of aromatic nitrogens is 1. The first-order chi connectivity index (χ1) is 19.3. The van der Waals surface area contributed by atoms with E-state index in [0.29, 0.717) is 23.1 Å². The van der Waals surface area contributed by atoms with Gasteiger partial charge in [-0.15, -0.1) is 0 Å². The van der Waals surface area contributed by atoms with Crippen molar-refractivity contribution in [2.45, 2.75) is 84.0 Å². The van der Waals surface area contributed by atoms with Crippen LogP contribution in [0.15, 0.2) is 47.4 Å². The van der Waals surface area contributed by atoms with E-state index in [1.807, 2.05) is 32.2 Å². The molecule has 7 nitrogen and oxygen atoms in total. The molecular weight excluding hydrogens is 519 g/mol. The zero-order valence-corrected chi connectivity index (χ0v) is 24.8. The number of nitrogens with two attached hydrogens (primary N) is 1. The summed E-state index contributed by atoms with van der Waals surface area (Å²) < 4.78 is 15.8. The van der Waals surface area contributed by atoms with E-state index in [-0.39, 0.29) is 47.4 Å². The summed E-state index contributed by atoms with van der Waals surface area (Å²) >= 11 is 0. The molecule has 1 saturated carbocycles. The molecule has 0 radical (unpaired) electrons. The van der Waals surface area contributed by atoms with Crippen LogP contribution in [-0.2, 0) is 6.54 Å². The van der Waals surface area contributed by atoms with Crippen LogP contribution in [0.5, 0.6) is 0 Å². The smallest absolute Gasteiger partial charge is 0.258 e. The molecule has 1 saturated heterocycles. The monoisotopic (exact) mass is 562 g/mol. The van der Waals surface area contributed by atoms with Crippen molar-refractivity contribution in [3.05, 3.63) is 81.0 Å². The zero-order chi connectivity index (χ0) is 29.7. The molecule has 0 spiro atoms. The molecule has 2 aliphatic rings. The number of fused-ring (bicyclic) bond motifs is 1. The second-order valence-corrected chi connectivity index (χ2v) is 13.4. The Morgan fingerprint density at radius 1 is 1.20 bits per heavy atom. The molecule has 3 aromatic rings. The van der Waals surface area contributed by atoms with Gasteiger partial charge in [-0.25, -0.2) is 4.39 Å². The highest BCUT2D eigenvalue weighted by atomic mass is 19.1. The van der Waals surface area contributed by atoms with Crippen molar-refractivity contribution in [2.24, 2.45) is 11.1 Å². The summed E-state index contributed by atoms with van der Waals surface area (Å²) in [6.45, 7) is 12.0. The SMILES string of the molecule is Cc1ccc(C(=O)NC2CC2c2ccc3c(=O)n(CC(C)(C)CO)cc(C(C)N4CCC(C)(N)CC4)c3c2)cc1F. The first-order valence-corrected chi connectivity index (χ1v) is 14.7. The highest BCUT2D eigenvalue weighted by Crippen LogP contribution is 2.42. The minimum atomic E-state index is -0.440. The number of piperidine rings is 1. The number of hydrogen-bond donors (Lipinski definition) is 3. The molecule has 220 valence electrons. The molecule has 2 heterocycles. The fourth-order valence-corrected chi connectivity index (χ4v) is 5.96. The third kappa shape index (κ3) is 6.25. The quantitative estimate of drug-likeness (QED) is 0.372. The molecular formula is C33H43FN4O3. The fraction of sp³-hybridized carbons (Fsp3) is 0.515. The Morgan fingerprint density at radius 2 is 1.90 bits per heavy atom. The average molecular weight is 563 g/mol. The van der Waals surface area contributed by atoms with Gasteiger partial charge in [-0.3, -0.25) is 14.5 Å². The number of hydrogen-bond acceptors (Lipinski definition) is 5. The van der Waals surface area contributed by atoms with E-state index < -0.39 is 5.41 Å². The topological polar surface area (TPSA) is 101 Å². The molecule has 1 aliphatic heterocycles. The summed E-state index contributed by atoms with van der Waals surface area (Å²) in [4.78, 5) is 28.8. The van der Waals surface area contributed by atoms with Crippen LogP contribution in [0, 0.1) is 18.2 Å². The average Bonchev–Trinajstić information content (AvgIpc) is 3.70. The van der Waals surface area contributed by atoms with Crippen LogP contribution >= 0.6 is 0 Å². The summed E-state index contributed by atoms with van der Waals surface area (Å²) in [5, 5.41) is 14.5. The highest BCUT2D eigenvalue weighted by Gasteiger charge is 2.40. The van der Waals surface area contributed by atoms with Gasteiger partial charge >= 0.3 is 0 Å². The normalized spacial score (nSPS) is 21.6. The number of nitrogens with one attached hydrogen (secondary N) is 1. The predicted octanol–water partition coefficient (Wildman–Crippen LogP) is 4.63. The molecule has 4 N–H and O–H groups in total. The van der Waals surface area contributed by atoms with Gasteiger partial charge in [0.15, 0.2) is 0 Å². The van der Waals surface area contributed by atoms with Crippen LogP contribution in [-0.4, -0.2) is 51.8 Å². The van der Waals surface area contributed by atoms with Gasteiger partial charge in [-0.05, 0) is 80.3 Å². The first kappa shape index (κ1) is 29.4. The van der Waals surface area contributed by atoms with Gasteiger partial charge < -0.3 is 20.7 Å². The van der Waals surface area contributed by atoms with Crippen LogP contribution in [0.4, 0.5) is 4.39 Å². The molecule has 5 rings (SSSR count). The van der Waals surface area contributed by atoms with Crippen molar-refractivity contribution in [1.29, 1.82) is 0 Å². The Bertz CT molecular complexity index is 1520. The number of halogens is 1. The molecule has 1 aliphatic carbocycles. The number of aliphatic hydroxyl groups is 1. The number of benzene rings is 2. The third-order valence-corrected chi connectivity index (χ3v) is 9.07. The maximum Gasteiger partial charge on any atom is 0.258 e. The Balaban J connectivity index is 1.46. The summed E-state index contributed by atoms with van der Waals surface area (Å²) in [6, 6.07) is 10.6. The van der Waals surface area contributed by atoms with Crippen molar-refractivity contribution in [1.82, 2.24) is 14.8 Å². The fourth-order valence-electron chi connectivity index (χ4n) is 5.96. The first-order valence-electron chi connectivity index (χ1n) is 14.7. The summed E-state index contributed by atoms with van der Waals surface area (Å²) in [7, 11) is 0. The maximum atomic E-state index is 14.0. The number of aliphatic hydroxyl groups excluding tert-OH is 1. The van der Waals surface area contributed by atoms with Crippen molar-refractivity contribution < 1.29 is 14.3 Å². The molecule has 3 atom stereocenters. The Labute approximate surface area is 241 Å². The lowest BCUT2D eigenvalue weighted by Gasteiger charge is -2.40. The van der Waals surface area contributed by atoms with E-state index in [2.05, 4.69) is 30.1 Å². The molecule has 41 heavy (non-hydrogen) atoms. The number of nitrogens with zero attached hydrogens (tertiary/aromatic N) is 2. The molecule has 2 aromatic carbocycles. The Hall–Kier alpha value is -3.07. The molecule has 1 aromatic heterocycles. The molecule has 1 amide bonds. The number of carbonyl (C=O) groups excluding carboxylic acids is 1. The summed E-state index contributed by atoms with van der Waals surface area (Å²) in [5.74, 6) is -0.539. The van der Waals surface area contributed by atoms with Crippen molar-refractivity contribution in [3.8, 4) is 0 Å². The predicted molar refractivity (Wildman–Crippen MR) is 161 cm³/mol. The number of carbonyl (C=O) groups is 1. The molecule has 3 unspecified atom stereocenters. The van der Waals surface area contributed by atoms with E-state index in [0.717, 1.165) is 48.9 Å². The lowest BCUT2D eigenvalue weighted by molar-refractivity contribution is 0.0950. The van der Waals surface area contributed by atoms with Crippen molar-refractivity contribution >= 4 is 16.7 Å². The number of pyridine rings is 1. The molecule has 0 bridgehead atoms. The van der Waals surface area contributed by atoms with Crippen LogP contribution < -0.4 is 16.6 Å². The molecule has 2 fully saturated rings. The van der Waals surface area contributed by atoms with Crippen LogP contribution in [0.2, 0.25) is 0 Å². The van der Waals surface area contributed by atoms with E-state index in [1.165, 1.54) is 6.07 Å². The lowest BCUT2D eigenvalue weighted by atomic mass is 9.89. The van der Waals surface area contributed by atoms with E-state index >= 15 is 0 Å². The second-order valence-electron chi connectivity index (χ2n) is 13.4. The number of aryl methyl sites for hydroxylation is 1. The molecule has 8 heteroatoms.